The molecule has 25 heavy (non-hydrogen) atoms. The summed E-state index contributed by atoms with van der Waals surface area (Å²) in [5.41, 5.74) is 0.969. The maximum atomic E-state index is 12.4. The van der Waals surface area contributed by atoms with Crippen molar-refractivity contribution in [2.75, 3.05) is 25.0 Å². The molecule has 3 rings (SSSR count). The number of rotatable bonds is 7. The van der Waals surface area contributed by atoms with Crippen LogP contribution in [0.15, 0.2) is 18.2 Å². The van der Waals surface area contributed by atoms with Gasteiger partial charge < -0.3 is 16.0 Å². The molecule has 0 unspecified atom stereocenters. The van der Waals surface area contributed by atoms with Crippen LogP contribution in [0.25, 0.3) is 0 Å². The lowest BCUT2D eigenvalue weighted by atomic mass is 9.93. The van der Waals surface area contributed by atoms with Crippen LogP contribution < -0.4 is 16.0 Å². The summed E-state index contributed by atoms with van der Waals surface area (Å²) in [5, 5.41) is 9.64. The van der Waals surface area contributed by atoms with E-state index in [1.807, 2.05) is 0 Å². The molecule has 0 radical (unpaired) electrons. The van der Waals surface area contributed by atoms with Crippen LogP contribution >= 0.6 is 11.6 Å². The maximum Gasteiger partial charge on any atom is 0.253 e. The minimum Gasteiger partial charge on any atom is -0.352 e. The number of nitrogens with one attached hydrogen (secondary N) is 3. The van der Waals surface area contributed by atoms with Crippen LogP contribution in [0.3, 0.4) is 0 Å². The van der Waals surface area contributed by atoms with E-state index in [0.29, 0.717) is 41.1 Å². The van der Waals surface area contributed by atoms with Crippen LogP contribution in [0.1, 0.15) is 48.9 Å². The van der Waals surface area contributed by atoms with Crippen LogP contribution in [-0.4, -0.2) is 31.4 Å². The van der Waals surface area contributed by atoms with Crippen LogP contribution in [0.4, 0.5) is 5.69 Å². The van der Waals surface area contributed by atoms with Gasteiger partial charge in [0, 0.05) is 18.0 Å². The second-order valence-corrected chi connectivity index (χ2v) is 7.56. The molecule has 1 aromatic carbocycles. The Morgan fingerprint density at radius 3 is 2.60 bits per heavy atom. The first-order valence-electron chi connectivity index (χ1n) is 9.20. The minimum atomic E-state index is -0.178. The molecule has 3 N–H and O–H groups in total. The van der Waals surface area contributed by atoms with E-state index in [4.69, 9.17) is 11.6 Å². The van der Waals surface area contributed by atoms with E-state index in [-0.39, 0.29) is 11.8 Å². The third-order valence-corrected chi connectivity index (χ3v) is 5.22. The summed E-state index contributed by atoms with van der Waals surface area (Å²) in [4.78, 5) is 24.7. The molecule has 1 aromatic rings. The summed E-state index contributed by atoms with van der Waals surface area (Å²) >= 11 is 6.04. The molecular weight excluding hydrogens is 338 g/mol. The first kappa shape index (κ1) is 18.2. The van der Waals surface area contributed by atoms with Crippen molar-refractivity contribution in [1.82, 2.24) is 10.6 Å². The van der Waals surface area contributed by atoms with Gasteiger partial charge in [0.2, 0.25) is 5.91 Å². The molecule has 1 saturated carbocycles. The molecule has 0 spiro atoms. The molecule has 1 heterocycles. The molecule has 0 atom stereocenters. The highest BCUT2D eigenvalue weighted by Crippen LogP contribution is 2.28. The topological polar surface area (TPSA) is 70.2 Å². The normalized spacial score (nSPS) is 18.0. The highest BCUT2D eigenvalue weighted by Gasteiger charge is 2.23. The van der Waals surface area contributed by atoms with E-state index in [1.165, 1.54) is 12.8 Å². The Hall–Kier alpha value is -1.59. The molecular formula is C19H26ClN3O2. The monoisotopic (exact) mass is 363 g/mol. The third-order valence-electron chi connectivity index (χ3n) is 4.99. The van der Waals surface area contributed by atoms with E-state index in [1.54, 1.807) is 18.2 Å². The molecule has 1 aliphatic heterocycles. The average molecular weight is 364 g/mol. The predicted octanol–water partition coefficient (Wildman–Crippen LogP) is 3.20. The molecule has 2 fully saturated rings. The average Bonchev–Trinajstić information content (AvgIpc) is 3.45. The third kappa shape index (κ3) is 5.72. The number of amides is 2. The number of hydrogen-bond acceptors (Lipinski definition) is 3. The number of halogens is 1. The quantitative estimate of drug-likeness (QED) is 0.696. The molecule has 2 amide bonds. The van der Waals surface area contributed by atoms with Gasteiger partial charge in [0.1, 0.15) is 0 Å². The van der Waals surface area contributed by atoms with Crippen LogP contribution in [0, 0.1) is 11.8 Å². The van der Waals surface area contributed by atoms with Gasteiger partial charge in [-0.25, -0.2) is 0 Å². The van der Waals surface area contributed by atoms with Gasteiger partial charge in [0.25, 0.3) is 5.91 Å². The Morgan fingerprint density at radius 2 is 1.88 bits per heavy atom. The molecule has 0 bridgehead atoms. The van der Waals surface area contributed by atoms with Crippen molar-refractivity contribution in [3.63, 3.8) is 0 Å². The Balaban J connectivity index is 1.56. The molecule has 5 nitrogen and oxygen atoms in total. The van der Waals surface area contributed by atoms with E-state index in [9.17, 15) is 9.59 Å². The second-order valence-electron chi connectivity index (χ2n) is 7.12. The molecule has 2 aliphatic rings. The molecule has 6 heteroatoms. The number of carbonyl (C=O) groups excluding carboxylic acids is 2. The van der Waals surface area contributed by atoms with Gasteiger partial charge in [-0.3, -0.25) is 9.59 Å². The van der Waals surface area contributed by atoms with Crippen molar-refractivity contribution in [2.45, 2.75) is 38.5 Å². The standard InChI is InChI=1S/C19H26ClN3O2/c20-15-4-5-17(16(11-15)19(25)22-12-14-1-2-14)23-18(24)6-3-13-7-9-21-10-8-13/h4-5,11,13-14,21H,1-3,6-10,12H2,(H,22,25)(H,23,24). The number of carbonyl (C=O) groups is 2. The minimum absolute atomic E-state index is 0.0444. The van der Waals surface area contributed by atoms with Crippen LogP contribution in [0.5, 0.6) is 0 Å². The van der Waals surface area contributed by atoms with Gasteiger partial charge in [-0.15, -0.1) is 0 Å². The zero-order chi connectivity index (χ0) is 17.6. The van der Waals surface area contributed by atoms with E-state index >= 15 is 0 Å². The summed E-state index contributed by atoms with van der Waals surface area (Å²) in [6, 6.07) is 5.02. The fourth-order valence-electron chi connectivity index (χ4n) is 3.19. The van der Waals surface area contributed by atoms with Crippen molar-refractivity contribution in [3.8, 4) is 0 Å². The fourth-order valence-corrected chi connectivity index (χ4v) is 3.36. The lowest BCUT2D eigenvalue weighted by molar-refractivity contribution is -0.116. The number of anilines is 1. The number of hydrogen-bond donors (Lipinski definition) is 3. The zero-order valence-corrected chi connectivity index (χ0v) is 15.2. The van der Waals surface area contributed by atoms with Crippen molar-refractivity contribution in [1.29, 1.82) is 0 Å². The Bertz CT molecular complexity index is 625. The van der Waals surface area contributed by atoms with Crippen LogP contribution in [0.2, 0.25) is 5.02 Å². The van der Waals surface area contributed by atoms with Crippen molar-refractivity contribution < 1.29 is 9.59 Å². The molecule has 0 aromatic heterocycles. The second kappa shape index (κ2) is 8.68. The molecule has 1 saturated heterocycles. The van der Waals surface area contributed by atoms with E-state index in [0.717, 1.165) is 32.4 Å². The summed E-state index contributed by atoms with van der Waals surface area (Å²) in [6.45, 7) is 2.76. The number of piperidine rings is 1. The van der Waals surface area contributed by atoms with Crippen molar-refractivity contribution in [3.05, 3.63) is 28.8 Å². The zero-order valence-electron chi connectivity index (χ0n) is 14.4. The lowest BCUT2D eigenvalue weighted by Crippen LogP contribution is -2.29. The SMILES string of the molecule is O=C(CCC1CCNCC1)Nc1ccc(Cl)cc1C(=O)NCC1CC1. The van der Waals surface area contributed by atoms with Crippen LogP contribution in [-0.2, 0) is 4.79 Å². The Kier molecular flexibility index (Phi) is 6.32. The van der Waals surface area contributed by atoms with Gasteiger partial charge >= 0.3 is 0 Å². The van der Waals surface area contributed by atoms with Crippen molar-refractivity contribution >= 4 is 29.1 Å². The van der Waals surface area contributed by atoms with E-state index < -0.39 is 0 Å². The number of benzene rings is 1. The summed E-state index contributed by atoms with van der Waals surface area (Å²) in [7, 11) is 0. The smallest absolute Gasteiger partial charge is 0.253 e. The maximum absolute atomic E-state index is 12.4. The summed E-state index contributed by atoms with van der Waals surface area (Å²) < 4.78 is 0. The fraction of sp³-hybridized carbons (Fsp3) is 0.579. The van der Waals surface area contributed by atoms with Crippen molar-refractivity contribution in [2.24, 2.45) is 11.8 Å². The summed E-state index contributed by atoms with van der Waals surface area (Å²) in [6.07, 6.45) is 5.99. The Morgan fingerprint density at radius 1 is 1.12 bits per heavy atom. The summed E-state index contributed by atoms with van der Waals surface area (Å²) in [5.74, 6) is 0.991. The lowest BCUT2D eigenvalue weighted by Gasteiger charge is -2.22. The predicted molar refractivity (Wildman–Crippen MR) is 100.0 cm³/mol. The van der Waals surface area contributed by atoms with E-state index in [2.05, 4.69) is 16.0 Å². The highest BCUT2D eigenvalue weighted by atomic mass is 35.5. The highest BCUT2D eigenvalue weighted by molar-refractivity contribution is 6.31. The molecule has 1 aliphatic carbocycles. The molecule has 136 valence electrons. The van der Waals surface area contributed by atoms with Gasteiger partial charge in [-0.05, 0) is 75.2 Å². The van der Waals surface area contributed by atoms with Gasteiger partial charge in [-0.2, -0.15) is 0 Å². The van der Waals surface area contributed by atoms with Gasteiger partial charge in [0.15, 0.2) is 0 Å². The van der Waals surface area contributed by atoms with Gasteiger partial charge in [0.05, 0.1) is 11.3 Å². The first-order valence-corrected chi connectivity index (χ1v) is 9.58. The largest absolute Gasteiger partial charge is 0.352 e. The first-order chi connectivity index (χ1) is 12.1. The van der Waals surface area contributed by atoms with Gasteiger partial charge in [-0.1, -0.05) is 11.6 Å². The Labute approximate surface area is 153 Å².